The highest BCUT2D eigenvalue weighted by Crippen LogP contribution is 2.18. The largest absolute Gasteiger partial charge is 0.343 e. The second-order valence-corrected chi connectivity index (χ2v) is 4.87. The molecule has 2 heterocycles. The van der Waals surface area contributed by atoms with Gasteiger partial charge in [-0.25, -0.2) is 4.68 Å². The zero-order valence-electron chi connectivity index (χ0n) is 10.1. The van der Waals surface area contributed by atoms with Crippen LogP contribution in [0.3, 0.4) is 0 Å². The van der Waals surface area contributed by atoms with Crippen LogP contribution in [0.1, 0.15) is 28.3 Å². The van der Waals surface area contributed by atoms with Crippen molar-refractivity contribution in [3.63, 3.8) is 0 Å². The van der Waals surface area contributed by atoms with Crippen molar-refractivity contribution in [1.29, 1.82) is 0 Å². The minimum absolute atomic E-state index is 0.0727. The fourth-order valence-corrected chi connectivity index (χ4v) is 2.24. The van der Waals surface area contributed by atoms with E-state index in [1.165, 1.54) is 19.2 Å². The zero-order chi connectivity index (χ0) is 13.1. The third-order valence-corrected chi connectivity index (χ3v) is 3.57. The van der Waals surface area contributed by atoms with Crippen LogP contribution in [0, 0.1) is 0 Å². The van der Waals surface area contributed by atoms with Crippen LogP contribution in [0.25, 0.3) is 0 Å². The summed E-state index contributed by atoms with van der Waals surface area (Å²) in [6, 6.07) is 6.59. The second kappa shape index (κ2) is 5.14. The quantitative estimate of drug-likeness (QED) is 0.908. The first kappa shape index (κ1) is 12.5. The lowest BCUT2D eigenvalue weighted by molar-refractivity contribution is 0.0933. The molecule has 0 aliphatic rings. The Bertz CT molecular complexity index is 604. The summed E-state index contributed by atoms with van der Waals surface area (Å²) in [6.45, 7) is 1.91. The molecule has 0 spiro atoms. The Morgan fingerprint density at radius 1 is 1.44 bits per heavy atom. The number of nitrogens with zero attached hydrogens (tertiary/aromatic N) is 2. The van der Waals surface area contributed by atoms with Crippen LogP contribution in [-0.2, 0) is 7.05 Å². The molecule has 0 aliphatic heterocycles. The molecule has 0 saturated heterocycles. The average molecular weight is 263 g/mol. The normalized spacial score (nSPS) is 12.1. The molecular formula is C12H13N3O2S. The molecule has 94 valence electrons. The van der Waals surface area contributed by atoms with Crippen LogP contribution in [0.5, 0.6) is 0 Å². The van der Waals surface area contributed by atoms with Gasteiger partial charge in [0.15, 0.2) is 0 Å². The summed E-state index contributed by atoms with van der Waals surface area (Å²) in [5.74, 6) is -0.286. The number of aromatic nitrogens is 2. The number of thiophene rings is 1. The zero-order valence-corrected chi connectivity index (χ0v) is 10.9. The summed E-state index contributed by atoms with van der Waals surface area (Å²) < 4.78 is 1.14. The summed E-state index contributed by atoms with van der Waals surface area (Å²) in [5.41, 5.74) is -0.00152. The van der Waals surface area contributed by atoms with Gasteiger partial charge in [-0.05, 0) is 24.4 Å². The summed E-state index contributed by atoms with van der Waals surface area (Å²) in [6.07, 6.45) is 0. The molecule has 6 heteroatoms. The van der Waals surface area contributed by atoms with E-state index in [2.05, 4.69) is 10.4 Å². The number of hydrogen-bond acceptors (Lipinski definition) is 4. The molecule has 1 unspecified atom stereocenters. The molecule has 18 heavy (non-hydrogen) atoms. The van der Waals surface area contributed by atoms with E-state index >= 15 is 0 Å². The number of rotatable bonds is 3. The summed E-state index contributed by atoms with van der Waals surface area (Å²) in [7, 11) is 1.52. The lowest BCUT2D eigenvalue weighted by atomic mass is 10.2. The van der Waals surface area contributed by atoms with Crippen molar-refractivity contribution in [1.82, 2.24) is 15.1 Å². The number of hydrogen-bond donors (Lipinski definition) is 1. The Balaban J connectivity index is 2.12. The molecule has 0 saturated carbocycles. The van der Waals surface area contributed by atoms with Gasteiger partial charge in [-0.1, -0.05) is 6.07 Å². The first-order valence-electron chi connectivity index (χ1n) is 5.46. The van der Waals surface area contributed by atoms with Crippen molar-refractivity contribution >= 4 is 17.2 Å². The lowest BCUT2D eigenvalue weighted by Gasteiger charge is -2.11. The number of carbonyl (C=O) groups is 1. The average Bonchev–Trinajstić information content (AvgIpc) is 2.86. The Hall–Kier alpha value is -1.95. The van der Waals surface area contributed by atoms with Gasteiger partial charge in [0.2, 0.25) is 0 Å². The van der Waals surface area contributed by atoms with Gasteiger partial charge in [0.25, 0.3) is 11.5 Å². The van der Waals surface area contributed by atoms with Crippen molar-refractivity contribution in [3.8, 4) is 0 Å². The van der Waals surface area contributed by atoms with E-state index in [1.54, 1.807) is 11.3 Å². The van der Waals surface area contributed by atoms with Crippen LogP contribution >= 0.6 is 11.3 Å². The van der Waals surface area contributed by atoms with Crippen LogP contribution in [0.15, 0.2) is 34.4 Å². The van der Waals surface area contributed by atoms with Crippen molar-refractivity contribution in [2.45, 2.75) is 13.0 Å². The third-order valence-electron chi connectivity index (χ3n) is 2.51. The third kappa shape index (κ3) is 2.65. The monoisotopic (exact) mass is 263 g/mol. The van der Waals surface area contributed by atoms with E-state index in [-0.39, 0.29) is 23.2 Å². The number of carbonyl (C=O) groups excluding carboxylic acids is 1. The molecule has 0 aromatic carbocycles. The van der Waals surface area contributed by atoms with Gasteiger partial charge in [0, 0.05) is 18.0 Å². The lowest BCUT2D eigenvalue weighted by Crippen LogP contribution is -2.30. The van der Waals surface area contributed by atoms with Gasteiger partial charge in [-0.3, -0.25) is 9.59 Å². The van der Waals surface area contributed by atoms with Gasteiger partial charge in [-0.2, -0.15) is 5.10 Å². The molecule has 5 nitrogen and oxygen atoms in total. The molecule has 1 atom stereocenters. The Kier molecular flexibility index (Phi) is 3.57. The maximum absolute atomic E-state index is 11.9. The number of amides is 1. The second-order valence-electron chi connectivity index (χ2n) is 3.89. The predicted octanol–water partition coefficient (Wildman–Crippen LogP) is 1.33. The highest BCUT2D eigenvalue weighted by molar-refractivity contribution is 7.10. The predicted molar refractivity (Wildman–Crippen MR) is 69.7 cm³/mol. The SMILES string of the molecule is CC(NC(=O)c1ccc(=O)n(C)n1)c1cccs1. The van der Waals surface area contributed by atoms with Gasteiger partial charge < -0.3 is 5.32 Å². The molecule has 0 aliphatic carbocycles. The highest BCUT2D eigenvalue weighted by Gasteiger charge is 2.13. The molecule has 1 N–H and O–H groups in total. The smallest absolute Gasteiger partial charge is 0.272 e. The maximum atomic E-state index is 11.9. The van der Waals surface area contributed by atoms with E-state index in [0.29, 0.717) is 0 Å². The Morgan fingerprint density at radius 3 is 2.83 bits per heavy atom. The fraction of sp³-hybridized carbons (Fsp3) is 0.250. The minimum Gasteiger partial charge on any atom is -0.343 e. The van der Waals surface area contributed by atoms with E-state index in [9.17, 15) is 9.59 Å². The molecular weight excluding hydrogens is 250 g/mol. The summed E-state index contributed by atoms with van der Waals surface area (Å²) in [5, 5.41) is 8.70. The Morgan fingerprint density at radius 2 is 2.22 bits per heavy atom. The van der Waals surface area contributed by atoms with Crippen LogP contribution in [-0.4, -0.2) is 15.7 Å². The van der Waals surface area contributed by atoms with Crippen molar-refractivity contribution < 1.29 is 4.79 Å². The topological polar surface area (TPSA) is 64.0 Å². The van der Waals surface area contributed by atoms with Crippen molar-refractivity contribution in [3.05, 3.63) is 50.6 Å². The van der Waals surface area contributed by atoms with Gasteiger partial charge in [0.1, 0.15) is 5.69 Å². The van der Waals surface area contributed by atoms with Crippen LogP contribution in [0.2, 0.25) is 0 Å². The van der Waals surface area contributed by atoms with E-state index in [0.717, 1.165) is 9.56 Å². The van der Waals surface area contributed by atoms with E-state index in [1.807, 2.05) is 24.4 Å². The van der Waals surface area contributed by atoms with Crippen molar-refractivity contribution in [2.75, 3.05) is 0 Å². The van der Waals surface area contributed by atoms with Gasteiger partial charge >= 0.3 is 0 Å². The minimum atomic E-state index is -0.286. The summed E-state index contributed by atoms with van der Waals surface area (Å²) in [4.78, 5) is 24.2. The number of aryl methyl sites for hydroxylation is 1. The molecule has 0 bridgehead atoms. The molecule has 2 rings (SSSR count). The standard InChI is InChI=1S/C12H13N3O2S/c1-8(10-4-3-7-18-10)13-12(17)9-5-6-11(16)15(2)14-9/h3-8H,1-2H3,(H,13,17). The van der Waals surface area contributed by atoms with Gasteiger partial charge in [0.05, 0.1) is 6.04 Å². The molecule has 2 aromatic rings. The van der Waals surface area contributed by atoms with Gasteiger partial charge in [-0.15, -0.1) is 11.3 Å². The van der Waals surface area contributed by atoms with Crippen LogP contribution < -0.4 is 10.9 Å². The maximum Gasteiger partial charge on any atom is 0.272 e. The van der Waals surface area contributed by atoms with E-state index in [4.69, 9.17) is 0 Å². The van der Waals surface area contributed by atoms with Crippen molar-refractivity contribution in [2.24, 2.45) is 7.05 Å². The molecule has 2 aromatic heterocycles. The van der Waals surface area contributed by atoms with Crippen LogP contribution in [0.4, 0.5) is 0 Å². The number of nitrogens with one attached hydrogen (secondary N) is 1. The molecule has 1 amide bonds. The Labute approximate surface area is 108 Å². The first-order chi connectivity index (χ1) is 8.58. The highest BCUT2D eigenvalue weighted by atomic mass is 32.1. The first-order valence-corrected chi connectivity index (χ1v) is 6.34. The molecule has 0 radical (unpaired) electrons. The van der Waals surface area contributed by atoms with E-state index < -0.39 is 0 Å². The summed E-state index contributed by atoms with van der Waals surface area (Å²) >= 11 is 1.58. The fourth-order valence-electron chi connectivity index (χ4n) is 1.50. The molecule has 0 fully saturated rings.